The number of nitrogens with zero attached hydrogens (tertiary/aromatic N) is 3. The highest BCUT2D eigenvalue weighted by atomic mass is 19.1. The van der Waals surface area contributed by atoms with Gasteiger partial charge in [-0.3, -0.25) is 14.7 Å². The number of carboxylic acids is 1. The van der Waals surface area contributed by atoms with Crippen LogP contribution in [0.5, 0.6) is 0 Å². The molecule has 0 radical (unpaired) electrons. The van der Waals surface area contributed by atoms with Crippen molar-refractivity contribution in [2.24, 2.45) is 5.92 Å². The lowest BCUT2D eigenvalue weighted by Crippen LogP contribution is -2.34. The zero-order valence-corrected chi connectivity index (χ0v) is 20.6. The van der Waals surface area contributed by atoms with Gasteiger partial charge in [-0.15, -0.1) is 0 Å². The number of hydrogen-bond donors (Lipinski definition) is 2. The number of likely N-dealkylation sites (tertiary alicyclic amines) is 1. The molecule has 2 aromatic rings. The molecule has 1 saturated carbocycles. The van der Waals surface area contributed by atoms with Crippen molar-refractivity contribution >= 4 is 11.8 Å². The molecule has 3 aliphatic rings. The summed E-state index contributed by atoms with van der Waals surface area (Å²) in [5.74, 6) is 0.425. The lowest BCUT2D eigenvalue weighted by atomic mass is 9.97. The Morgan fingerprint density at radius 3 is 2.89 bits per heavy atom. The minimum Gasteiger partial charge on any atom is -0.480 e. The van der Waals surface area contributed by atoms with Crippen LogP contribution < -0.4 is 5.32 Å². The maximum atomic E-state index is 15.1. The molecular weight excluding hydrogens is 443 g/mol. The van der Waals surface area contributed by atoms with Gasteiger partial charge in [0.2, 0.25) is 0 Å². The van der Waals surface area contributed by atoms with E-state index in [1.54, 1.807) is 6.20 Å². The van der Waals surface area contributed by atoms with Gasteiger partial charge in [0.25, 0.3) is 0 Å². The summed E-state index contributed by atoms with van der Waals surface area (Å²) in [6, 6.07) is 7.72. The lowest BCUT2D eigenvalue weighted by molar-refractivity contribution is -0.143. The van der Waals surface area contributed by atoms with Crippen LogP contribution in [0.25, 0.3) is 0 Å². The minimum absolute atomic E-state index is 0.106. The second-order valence-corrected chi connectivity index (χ2v) is 10.7. The third-order valence-corrected chi connectivity index (χ3v) is 7.93. The van der Waals surface area contributed by atoms with Crippen LogP contribution in [-0.2, 0) is 17.6 Å². The average molecular weight is 481 g/mol. The van der Waals surface area contributed by atoms with E-state index in [0.717, 1.165) is 67.7 Å². The summed E-state index contributed by atoms with van der Waals surface area (Å²) in [4.78, 5) is 23.5. The zero-order chi connectivity index (χ0) is 24.4. The molecule has 1 unspecified atom stereocenters. The third kappa shape index (κ3) is 5.66. The highest BCUT2D eigenvalue weighted by Crippen LogP contribution is 2.43. The zero-order valence-electron chi connectivity index (χ0n) is 20.6. The molecule has 5 rings (SSSR count). The number of hydrogen-bond acceptors (Lipinski definition) is 5. The first-order valence-corrected chi connectivity index (χ1v) is 13.3. The van der Waals surface area contributed by atoms with Crippen molar-refractivity contribution in [2.75, 3.05) is 18.4 Å². The quantitative estimate of drug-likeness (QED) is 0.450. The molecule has 0 bridgehead atoms. The molecule has 7 heteroatoms. The number of halogens is 1. The van der Waals surface area contributed by atoms with Gasteiger partial charge in [0.15, 0.2) is 0 Å². The summed E-state index contributed by atoms with van der Waals surface area (Å²) in [6.45, 7) is 3.29. The normalized spacial score (nSPS) is 23.9. The van der Waals surface area contributed by atoms with Crippen LogP contribution >= 0.6 is 0 Å². The number of anilines is 1. The number of fused-ring (bicyclic) bond motifs is 1. The van der Waals surface area contributed by atoms with Crippen LogP contribution in [0.3, 0.4) is 0 Å². The molecule has 4 heterocycles. The van der Waals surface area contributed by atoms with Crippen molar-refractivity contribution in [3.05, 3.63) is 53.0 Å². The number of pyridine rings is 2. The van der Waals surface area contributed by atoms with Crippen molar-refractivity contribution in [1.82, 2.24) is 14.9 Å². The van der Waals surface area contributed by atoms with E-state index >= 15 is 4.39 Å². The highest BCUT2D eigenvalue weighted by Gasteiger charge is 2.39. The van der Waals surface area contributed by atoms with E-state index < -0.39 is 18.2 Å². The smallest absolute Gasteiger partial charge is 0.325 e. The Bertz CT molecular complexity index is 1040. The molecule has 6 nitrogen and oxygen atoms in total. The van der Waals surface area contributed by atoms with Gasteiger partial charge >= 0.3 is 5.97 Å². The van der Waals surface area contributed by atoms with Crippen LogP contribution in [0, 0.1) is 5.92 Å². The topological polar surface area (TPSA) is 78.4 Å². The fraction of sp³-hybridized carbons (Fsp3) is 0.607. The van der Waals surface area contributed by atoms with Crippen LogP contribution in [0.2, 0.25) is 0 Å². The SMILES string of the molecule is C[C@H]1CCc2ccc(CCCCC(F)[C@@H]3CCN([C@H](C(=O)O)c4cccnc4C4CC4)C3)nc2N1. The number of carboxylic acid groups (broad SMARTS) is 1. The van der Waals surface area contributed by atoms with Gasteiger partial charge in [-0.25, -0.2) is 9.37 Å². The molecule has 2 N–H and O–H groups in total. The number of alkyl halides is 1. The van der Waals surface area contributed by atoms with E-state index in [1.807, 2.05) is 17.0 Å². The molecule has 1 aliphatic carbocycles. The number of unbranched alkanes of at least 4 members (excludes halogenated alkanes) is 1. The second-order valence-electron chi connectivity index (χ2n) is 10.7. The molecule has 2 aromatic heterocycles. The van der Waals surface area contributed by atoms with E-state index in [-0.39, 0.29) is 5.92 Å². The number of nitrogens with one attached hydrogen (secondary N) is 1. The summed E-state index contributed by atoms with van der Waals surface area (Å²) >= 11 is 0. The van der Waals surface area contributed by atoms with Crippen LogP contribution in [0.15, 0.2) is 30.5 Å². The van der Waals surface area contributed by atoms with Crippen molar-refractivity contribution in [3.8, 4) is 0 Å². The van der Waals surface area contributed by atoms with Gasteiger partial charge in [0.1, 0.15) is 18.0 Å². The molecule has 0 spiro atoms. The molecule has 188 valence electrons. The minimum atomic E-state index is -0.898. The Balaban J connectivity index is 1.12. The average Bonchev–Trinajstić information content (AvgIpc) is 3.59. The van der Waals surface area contributed by atoms with Gasteiger partial charge in [-0.05, 0) is 82.5 Å². The first-order chi connectivity index (χ1) is 17.0. The Hall–Kier alpha value is -2.54. The standard InChI is InChI=1S/C28H37FN4O2/c1-18-8-9-20-12-13-22(32-27(20)31-18)5-2-3-7-24(29)21-14-16-33(17-21)26(28(34)35)23-6-4-15-30-25(23)19-10-11-19/h4,6,12-13,15,18-19,21,24,26H,2-3,5,7-11,14,16-17H2,1H3,(H,31,32)(H,34,35)/t18-,21+,24?,26-/m0/s1. The van der Waals surface area contributed by atoms with Crippen molar-refractivity contribution in [1.29, 1.82) is 0 Å². The Labute approximate surface area is 207 Å². The largest absolute Gasteiger partial charge is 0.480 e. The first kappa shape index (κ1) is 24.2. The van der Waals surface area contributed by atoms with E-state index in [2.05, 4.69) is 29.4 Å². The summed E-state index contributed by atoms with van der Waals surface area (Å²) < 4.78 is 15.1. The fourth-order valence-corrected chi connectivity index (χ4v) is 5.74. The molecule has 35 heavy (non-hydrogen) atoms. The molecule has 0 amide bonds. The second kappa shape index (κ2) is 10.6. The van der Waals surface area contributed by atoms with E-state index in [4.69, 9.17) is 4.98 Å². The van der Waals surface area contributed by atoms with Gasteiger partial charge in [0.05, 0.1) is 0 Å². The Kier molecular flexibility index (Phi) is 7.32. The number of aryl methyl sites for hydroxylation is 2. The molecular formula is C28H37FN4O2. The number of rotatable bonds is 10. The Morgan fingerprint density at radius 1 is 1.23 bits per heavy atom. The third-order valence-electron chi connectivity index (χ3n) is 7.93. The fourth-order valence-electron chi connectivity index (χ4n) is 5.74. The molecule has 2 fully saturated rings. The number of carbonyl (C=O) groups is 1. The number of aliphatic carboxylic acids is 1. The highest BCUT2D eigenvalue weighted by molar-refractivity contribution is 5.76. The summed E-state index contributed by atoms with van der Waals surface area (Å²) in [6.07, 6.45) is 9.03. The summed E-state index contributed by atoms with van der Waals surface area (Å²) in [5, 5.41) is 13.5. The molecule has 0 aromatic carbocycles. The monoisotopic (exact) mass is 480 g/mol. The van der Waals surface area contributed by atoms with E-state index in [9.17, 15) is 9.90 Å². The number of aromatic nitrogens is 2. The van der Waals surface area contributed by atoms with Gasteiger partial charge in [0, 0.05) is 47.6 Å². The van der Waals surface area contributed by atoms with E-state index in [0.29, 0.717) is 37.9 Å². The van der Waals surface area contributed by atoms with Crippen LogP contribution in [0.1, 0.15) is 86.3 Å². The molecule has 1 saturated heterocycles. The predicted molar refractivity (Wildman–Crippen MR) is 134 cm³/mol. The van der Waals surface area contributed by atoms with Crippen LogP contribution in [0.4, 0.5) is 10.2 Å². The Morgan fingerprint density at radius 2 is 2.09 bits per heavy atom. The molecule has 4 atom stereocenters. The van der Waals surface area contributed by atoms with Crippen molar-refractivity contribution in [2.45, 2.75) is 88.9 Å². The van der Waals surface area contributed by atoms with Crippen molar-refractivity contribution in [3.63, 3.8) is 0 Å². The maximum Gasteiger partial charge on any atom is 0.325 e. The lowest BCUT2D eigenvalue weighted by Gasteiger charge is -2.26. The van der Waals surface area contributed by atoms with Gasteiger partial charge in [-0.2, -0.15) is 0 Å². The van der Waals surface area contributed by atoms with Gasteiger partial charge < -0.3 is 10.4 Å². The van der Waals surface area contributed by atoms with E-state index in [1.165, 1.54) is 5.56 Å². The first-order valence-electron chi connectivity index (χ1n) is 13.3. The molecule has 2 aliphatic heterocycles. The maximum absolute atomic E-state index is 15.1. The summed E-state index contributed by atoms with van der Waals surface area (Å²) in [7, 11) is 0. The van der Waals surface area contributed by atoms with Crippen molar-refractivity contribution < 1.29 is 14.3 Å². The van der Waals surface area contributed by atoms with Crippen LogP contribution in [-0.4, -0.2) is 51.2 Å². The van der Waals surface area contributed by atoms with Gasteiger partial charge in [-0.1, -0.05) is 18.6 Å². The predicted octanol–water partition coefficient (Wildman–Crippen LogP) is 5.30. The summed E-state index contributed by atoms with van der Waals surface area (Å²) in [5.41, 5.74) is 4.07.